The molecule has 0 saturated heterocycles. The number of carbonyl (C=O) groups is 1. The van der Waals surface area contributed by atoms with E-state index in [-0.39, 0.29) is 18.6 Å². The average Bonchev–Trinajstić information content (AvgIpc) is 3.18. The molecule has 136 valence electrons. The van der Waals surface area contributed by atoms with Gasteiger partial charge in [-0.25, -0.2) is 4.79 Å². The van der Waals surface area contributed by atoms with Crippen molar-refractivity contribution in [1.29, 1.82) is 0 Å². The number of hydrogen-bond acceptors (Lipinski definition) is 3. The number of methoxy groups -OCH3 is 1. The van der Waals surface area contributed by atoms with Crippen molar-refractivity contribution in [2.24, 2.45) is 0 Å². The van der Waals surface area contributed by atoms with Crippen molar-refractivity contribution in [2.45, 2.75) is 44.4 Å². The Bertz CT molecular complexity index is 527. The molecule has 9 heteroatoms. The summed E-state index contributed by atoms with van der Waals surface area (Å²) < 4.78 is 43.9. The number of nitrogens with one attached hydrogen (secondary N) is 1. The van der Waals surface area contributed by atoms with Crippen molar-refractivity contribution in [3.05, 3.63) is 18.0 Å². The van der Waals surface area contributed by atoms with E-state index in [0.29, 0.717) is 19.7 Å². The zero-order valence-corrected chi connectivity index (χ0v) is 13.7. The third kappa shape index (κ3) is 5.12. The van der Waals surface area contributed by atoms with E-state index in [1.165, 1.54) is 10.9 Å². The first-order chi connectivity index (χ1) is 11.4. The second kappa shape index (κ2) is 8.36. The summed E-state index contributed by atoms with van der Waals surface area (Å²) in [5, 5.41) is 6.31. The summed E-state index contributed by atoms with van der Waals surface area (Å²) in [6.45, 7) is 1.36. The van der Waals surface area contributed by atoms with Gasteiger partial charge in [0.05, 0.1) is 13.2 Å². The first-order valence-corrected chi connectivity index (χ1v) is 8.06. The molecule has 2 amide bonds. The van der Waals surface area contributed by atoms with E-state index in [0.717, 1.165) is 31.7 Å². The van der Waals surface area contributed by atoms with Gasteiger partial charge < -0.3 is 15.0 Å². The van der Waals surface area contributed by atoms with Crippen LogP contribution in [0.2, 0.25) is 0 Å². The summed E-state index contributed by atoms with van der Waals surface area (Å²) in [7, 11) is 1.55. The Hall–Kier alpha value is -1.77. The van der Waals surface area contributed by atoms with Crippen LogP contribution in [0.4, 0.5) is 18.0 Å². The van der Waals surface area contributed by atoms with Crippen LogP contribution in [0.15, 0.2) is 12.3 Å². The molecule has 0 unspecified atom stereocenters. The molecule has 24 heavy (non-hydrogen) atoms. The number of aromatic nitrogens is 2. The summed E-state index contributed by atoms with van der Waals surface area (Å²) in [4.78, 5) is 14.0. The van der Waals surface area contributed by atoms with Crippen molar-refractivity contribution >= 4 is 6.03 Å². The Morgan fingerprint density at radius 1 is 1.46 bits per heavy atom. The maximum Gasteiger partial charge on any atom is 0.435 e. The predicted molar refractivity (Wildman–Crippen MR) is 81.5 cm³/mol. The van der Waals surface area contributed by atoms with Crippen LogP contribution in [-0.2, 0) is 17.5 Å². The first-order valence-electron chi connectivity index (χ1n) is 8.06. The normalized spacial score (nSPS) is 15.7. The molecular weight excluding hydrogens is 325 g/mol. The number of ether oxygens (including phenoxy) is 1. The standard InChI is InChI=1S/C15H23F3N4O2/c1-24-11-7-19-14(23)22(12-4-2-3-5-12)10-9-21-8-6-13(20-21)15(16,17)18/h6,8,12H,2-5,7,9-11H2,1H3,(H,19,23). The number of halogens is 3. The van der Waals surface area contributed by atoms with E-state index in [1.54, 1.807) is 12.0 Å². The quantitative estimate of drug-likeness (QED) is 0.770. The van der Waals surface area contributed by atoms with Gasteiger partial charge in [-0.3, -0.25) is 4.68 Å². The number of carbonyl (C=O) groups excluding carboxylic acids is 1. The lowest BCUT2D eigenvalue weighted by Crippen LogP contribution is -2.47. The Labute approximate surface area is 138 Å². The van der Waals surface area contributed by atoms with Crippen LogP contribution in [0, 0.1) is 0 Å². The number of nitrogens with zero attached hydrogens (tertiary/aromatic N) is 3. The number of urea groups is 1. The molecule has 1 aliphatic rings. The molecule has 1 aromatic heterocycles. The fourth-order valence-corrected chi connectivity index (χ4v) is 2.88. The van der Waals surface area contributed by atoms with Gasteiger partial charge in [0.2, 0.25) is 0 Å². The summed E-state index contributed by atoms with van der Waals surface area (Å²) >= 11 is 0. The van der Waals surface area contributed by atoms with Crippen molar-refractivity contribution < 1.29 is 22.7 Å². The molecule has 6 nitrogen and oxygen atoms in total. The summed E-state index contributed by atoms with van der Waals surface area (Å²) in [5.74, 6) is 0. The van der Waals surface area contributed by atoms with Gasteiger partial charge in [0.15, 0.2) is 5.69 Å². The molecule has 1 aromatic rings. The van der Waals surface area contributed by atoms with E-state index in [1.807, 2.05) is 0 Å². The van der Waals surface area contributed by atoms with E-state index in [4.69, 9.17) is 4.74 Å². The smallest absolute Gasteiger partial charge is 0.383 e. The largest absolute Gasteiger partial charge is 0.435 e. The van der Waals surface area contributed by atoms with Crippen LogP contribution in [0.5, 0.6) is 0 Å². The minimum atomic E-state index is -4.45. The second-order valence-corrected chi connectivity index (χ2v) is 5.82. The minimum Gasteiger partial charge on any atom is -0.383 e. The summed E-state index contributed by atoms with van der Waals surface area (Å²) in [6.07, 6.45) is 0.806. The van der Waals surface area contributed by atoms with Gasteiger partial charge in [-0.2, -0.15) is 18.3 Å². The number of rotatable bonds is 7. The van der Waals surface area contributed by atoms with Gasteiger partial charge in [-0.05, 0) is 18.9 Å². The maximum atomic E-state index is 12.6. The number of alkyl halides is 3. The Kier molecular flexibility index (Phi) is 6.47. The lowest BCUT2D eigenvalue weighted by molar-refractivity contribution is -0.141. The van der Waals surface area contributed by atoms with Crippen LogP contribution in [-0.4, -0.2) is 53.6 Å². The lowest BCUT2D eigenvalue weighted by Gasteiger charge is -2.29. The number of hydrogen-bond donors (Lipinski definition) is 1. The van der Waals surface area contributed by atoms with E-state index >= 15 is 0 Å². The molecule has 0 aromatic carbocycles. The number of amides is 2. The molecule has 0 atom stereocenters. The van der Waals surface area contributed by atoms with Crippen LogP contribution in [0.25, 0.3) is 0 Å². The van der Waals surface area contributed by atoms with Crippen LogP contribution in [0.3, 0.4) is 0 Å². The molecule has 0 aliphatic heterocycles. The SMILES string of the molecule is COCCNC(=O)N(CCn1ccc(C(F)(F)F)n1)C1CCCC1. The van der Waals surface area contributed by atoms with E-state index in [2.05, 4.69) is 10.4 Å². The van der Waals surface area contributed by atoms with Crippen molar-refractivity contribution in [1.82, 2.24) is 20.0 Å². The van der Waals surface area contributed by atoms with Crippen molar-refractivity contribution in [3.8, 4) is 0 Å². The third-order valence-corrected chi connectivity index (χ3v) is 4.11. The highest BCUT2D eigenvalue weighted by Gasteiger charge is 2.33. The third-order valence-electron chi connectivity index (χ3n) is 4.11. The van der Waals surface area contributed by atoms with E-state index < -0.39 is 11.9 Å². The summed E-state index contributed by atoms with van der Waals surface area (Å²) in [5.41, 5.74) is -0.917. The highest BCUT2D eigenvalue weighted by molar-refractivity contribution is 5.74. The topological polar surface area (TPSA) is 59.4 Å². The van der Waals surface area contributed by atoms with Gasteiger partial charge in [0.1, 0.15) is 0 Å². The van der Waals surface area contributed by atoms with Gasteiger partial charge in [0.25, 0.3) is 0 Å². The maximum absolute atomic E-state index is 12.6. The monoisotopic (exact) mass is 348 g/mol. The van der Waals surface area contributed by atoms with Gasteiger partial charge in [0, 0.05) is 32.4 Å². The van der Waals surface area contributed by atoms with Crippen molar-refractivity contribution in [2.75, 3.05) is 26.8 Å². The van der Waals surface area contributed by atoms with Crippen LogP contribution in [0.1, 0.15) is 31.4 Å². The molecule has 1 N–H and O–H groups in total. The Morgan fingerprint density at radius 3 is 2.75 bits per heavy atom. The van der Waals surface area contributed by atoms with Gasteiger partial charge in [-0.1, -0.05) is 12.8 Å². The molecule has 1 heterocycles. The molecule has 1 saturated carbocycles. The van der Waals surface area contributed by atoms with Crippen LogP contribution >= 0.6 is 0 Å². The first kappa shape index (κ1) is 18.6. The van der Waals surface area contributed by atoms with E-state index in [9.17, 15) is 18.0 Å². The van der Waals surface area contributed by atoms with Gasteiger partial charge in [-0.15, -0.1) is 0 Å². The molecule has 1 aliphatic carbocycles. The Morgan fingerprint density at radius 2 is 2.17 bits per heavy atom. The molecular formula is C15H23F3N4O2. The van der Waals surface area contributed by atoms with Crippen molar-refractivity contribution in [3.63, 3.8) is 0 Å². The Balaban J connectivity index is 1.94. The molecule has 0 spiro atoms. The molecule has 2 rings (SSSR count). The molecule has 1 fully saturated rings. The second-order valence-electron chi connectivity index (χ2n) is 5.82. The predicted octanol–water partition coefficient (Wildman–Crippen LogP) is 2.50. The average molecular weight is 348 g/mol. The highest BCUT2D eigenvalue weighted by Crippen LogP contribution is 2.27. The fraction of sp³-hybridized carbons (Fsp3) is 0.733. The zero-order chi connectivity index (χ0) is 17.6. The highest BCUT2D eigenvalue weighted by atomic mass is 19.4. The minimum absolute atomic E-state index is 0.130. The zero-order valence-electron chi connectivity index (χ0n) is 13.7. The molecule has 0 bridgehead atoms. The van der Waals surface area contributed by atoms with Gasteiger partial charge >= 0.3 is 12.2 Å². The summed E-state index contributed by atoms with van der Waals surface area (Å²) in [6, 6.07) is 0.866. The fourth-order valence-electron chi connectivity index (χ4n) is 2.88. The molecule has 0 radical (unpaired) electrons. The van der Waals surface area contributed by atoms with Crippen LogP contribution < -0.4 is 5.32 Å². The lowest BCUT2D eigenvalue weighted by atomic mass is 10.2.